The highest BCUT2D eigenvalue weighted by Crippen LogP contribution is 2.53. The van der Waals surface area contributed by atoms with Gasteiger partial charge in [0, 0.05) is 17.8 Å². The second-order valence-corrected chi connectivity index (χ2v) is 16.0. The van der Waals surface area contributed by atoms with Crippen LogP contribution in [0.25, 0.3) is 11.0 Å². The standard InChI is InChI=1S/C28H39ClN7O10PS/c1-6-36(34-48(5,41)42)23-19-11-14-35(22(19)31-26(30)32-23)24-27(4,39)21(37)20(45-24)15-43-47(40,46-18-9-7-17(29)8-10-18)33-28(12-13-28)25(38)44-16(2)3/h7-11,14,16,20-21,24,34,37,39H,6,12-13,15H2,1-5H3,(H,33,40)(H2,30,31,32)/t20?,21-,24-,27-,47?/m1/s1. The van der Waals surface area contributed by atoms with Crippen molar-refractivity contribution in [3.05, 3.63) is 41.6 Å². The fourth-order valence-corrected chi connectivity index (χ4v) is 7.71. The molecule has 2 aliphatic rings. The van der Waals surface area contributed by atoms with Crippen LogP contribution >= 0.6 is 19.3 Å². The summed E-state index contributed by atoms with van der Waals surface area (Å²) in [6, 6.07) is 7.56. The van der Waals surface area contributed by atoms with Gasteiger partial charge in [-0.25, -0.2) is 13.0 Å². The van der Waals surface area contributed by atoms with Crippen molar-refractivity contribution in [1.82, 2.24) is 24.5 Å². The lowest BCUT2D eigenvalue weighted by atomic mass is 9.96. The molecular formula is C28H39ClN7O10PS. The molecule has 5 atom stereocenters. The van der Waals surface area contributed by atoms with E-state index in [0.717, 1.165) is 6.26 Å². The van der Waals surface area contributed by atoms with E-state index in [-0.39, 0.29) is 29.7 Å². The van der Waals surface area contributed by atoms with Crippen LogP contribution in [0.4, 0.5) is 11.8 Å². The van der Waals surface area contributed by atoms with Gasteiger partial charge in [0.1, 0.15) is 34.7 Å². The van der Waals surface area contributed by atoms with Gasteiger partial charge >= 0.3 is 13.7 Å². The number of benzene rings is 1. The zero-order chi connectivity index (χ0) is 35.2. The van der Waals surface area contributed by atoms with Crippen LogP contribution in [0.1, 0.15) is 46.8 Å². The topological polar surface area (TPSA) is 230 Å². The van der Waals surface area contributed by atoms with Crippen molar-refractivity contribution in [2.24, 2.45) is 0 Å². The zero-order valence-electron chi connectivity index (χ0n) is 26.9. The highest BCUT2D eigenvalue weighted by molar-refractivity contribution is 7.88. The van der Waals surface area contributed by atoms with E-state index in [1.807, 2.05) is 0 Å². The highest BCUT2D eigenvalue weighted by atomic mass is 35.5. The van der Waals surface area contributed by atoms with Crippen molar-refractivity contribution in [1.29, 1.82) is 0 Å². The molecule has 1 aromatic carbocycles. The van der Waals surface area contributed by atoms with Crippen LogP contribution in [0.15, 0.2) is 36.5 Å². The van der Waals surface area contributed by atoms with E-state index in [4.69, 9.17) is 35.9 Å². The molecule has 264 valence electrons. The normalized spacial score (nSPS) is 24.8. The Morgan fingerprint density at radius 3 is 2.52 bits per heavy atom. The molecule has 1 aliphatic carbocycles. The summed E-state index contributed by atoms with van der Waals surface area (Å²) in [5, 5.41) is 27.5. The largest absolute Gasteiger partial charge is 0.462 e. The number of hydrogen-bond acceptors (Lipinski definition) is 14. The Bertz CT molecular complexity index is 1820. The summed E-state index contributed by atoms with van der Waals surface area (Å²) in [5.41, 5.74) is 2.90. The predicted molar refractivity (Wildman–Crippen MR) is 175 cm³/mol. The number of sulfonamides is 1. The number of anilines is 2. The Labute approximate surface area is 282 Å². The Hall–Kier alpha value is -3.06. The number of aliphatic hydroxyl groups excluding tert-OH is 1. The molecule has 1 saturated carbocycles. The van der Waals surface area contributed by atoms with Crippen LogP contribution in [-0.4, -0.2) is 88.0 Å². The monoisotopic (exact) mass is 731 g/mol. The molecule has 3 heterocycles. The zero-order valence-corrected chi connectivity index (χ0v) is 29.3. The van der Waals surface area contributed by atoms with Gasteiger partial charge in [0.05, 0.1) is 24.4 Å². The van der Waals surface area contributed by atoms with Crippen LogP contribution in [-0.2, 0) is 33.4 Å². The van der Waals surface area contributed by atoms with E-state index in [2.05, 4.69) is 19.9 Å². The third-order valence-electron chi connectivity index (χ3n) is 7.71. The molecule has 0 spiro atoms. The number of halogens is 1. The first-order valence-electron chi connectivity index (χ1n) is 15.0. The van der Waals surface area contributed by atoms with Crippen LogP contribution in [0.3, 0.4) is 0 Å². The van der Waals surface area contributed by atoms with Gasteiger partial charge in [-0.1, -0.05) is 11.6 Å². The number of ether oxygens (including phenoxy) is 2. The number of nitrogens with two attached hydrogens (primary N) is 1. The Kier molecular flexibility index (Phi) is 10.1. The molecule has 48 heavy (non-hydrogen) atoms. The summed E-state index contributed by atoms with van der Waals surface area (Å²) < 4.78 is 62.6. The number of fused-ring (bicyclic) bond motifs is 1. The van der Waals surface area contributed by atoms with Gasteiger partial charge < -0.3 is 34.5 Å². The SMILES string of the molecule is CCN(NS(C)(=O)=O)c1nc(N)nc2c1ccn2[C@@H]1OC(COP(=O)(NC2(C(=O)OC(C)C)CC2)Oc2ccc(Cl)cc2)[C@@H](O)[C@@]1(C)O. The Morgan fingerprint density at radius 1 is 1.27 bits per heavy atom. The molecule has 1 saturated heterocycles. The van der Waals surface area contributed by atoms with E-state index in [1.54, 1.807) is 26.8 Å². The number of hydrazine groups is 1. The minimum Gasteiger partial charge on any atom is -0.462 e. The number of nitrogens with one attached hydrogen (secondary N) is 2. The maximum atomic E-state index is 14.2. The number of aliphatic hydroxyl groups is 2. The highest BCUT2D eigenvalue weighted by Gasteiger charge is 2.58. The van der Waals surface area contributed by atoms with E-state index in [9.17, 15) is 28.0 Å². The molecule has 1 aliphatic heterocycles. The molecule has 17 nitrogen and oxygen atoms in total. The number of esters is 1. The number of nitrogen functional groups attached to an aromatic ring is 1. The van der Waals surface area contributed by atoms with Crippen LogP contribution < -0.4 is 25.2 Å². The van der Waals surface area contributed by atoms with Gasteiger partial charge in [0.15, 0.2) is 12.0 Å². The molecule has 3 aromatic rings. The van der Waals surface area contributed by atoms with E-state index >= 15 is 0 Å². The maximum absolute atomic E-state index is 14.2. The average molecular weight is 732 g/mol. The maximum Gasteiger partial charge on any atom is 0.459 e. The molecule has 2 aromatic heterocycles. The van der Waals surface area contributed by atoms with E-state index in [1.165, 1.54) is 47.0 Å². The summed E-state index contributed by atoms with van der Waals surface area (Å²) in [6.45, 7) is 6.06. The summed E-state index contributed by atoms with van der Waals surface area (Å²) in [7, 11) is -8.05. The van der Waals surface area contributed by atoms with E-state index in [0.29, 0.717) is 23.3 Å². The van der Waals surface area contributed by atoms with Crippen molar-refractivity contribution in [2.75, 3.05) is 30.1 Å². The van der Waals surface area contributed by atoms with Gasteiger partial charge in [0.25, 0.3) is 0 Å². The van der Waals surface area contributed by atoms with Crippen molar-refractivity contribution in [2.45, 2.75) is 76.2 Å². The predicted octanol–water partition coefficient (Wildman–Crippen LogP) is 2.24. The first-order chi connectivity index (χ1) is 22.4. The summed E-state index contributed by atoms with van der Waals surface area (Å²) in [5.74, 6) is -0.534. The minimum atomic E-state index is -4.37. The van der Waals surface area contributed by atoms with Gasteiger partial charge in [-0.3, -0.25) is 14.3 Å². The lowest BCUT2D eigenvalue weighted by Gasteiger charge is -2.28. The fraction of sp³-hybridized carbons (Fsp3) is 0.536. The lowest BCUT2D eigenvalue weighted by molar-refractivity contribution is -0.150. The third kappa shape index (κ3) is 7.72. The molecule has 0 amide bonds. The number of rotatable bonds is 14. The van der Waals surface area contributed by atoms with Crippen molar-refractivity contribution < 1.29 is 46.5 Å². The smallest absolute Gasteiger partial charge is 0.459 e. The first kappa shape index (κ1) is 36.2. The summed E-state index contributed by atoms with van der Waals surface area (Å²) in [6.07, 6.45) is -1.40. The Morgan fingerprint density at radius 2 is 1.94 bits per heavy atom. The number of nitrogens with zero attached hydrogens (tertiary/aromatic N) is 4. The third-order valence-corrected chi connectivity index (χ3v) is 10.2. The van der Waals surface area contributed by atoms with Gasteiger partial charge in [0.2, 0.25) is 16.0 Å². The Balaban J connectivity index is 1.41. The summed E-state index contributed by atoms with van der Waals surface area (Å²) >= 11 is 5.99. The van der Waals surface area contributed by atoms with Crippen LogP contribution in [0.5, 0.6) is 5.75 Å². The van der Waals surface area contributed by atoms with Gasteiger partial charge in [-0.05, 0) is 70.9 Å². The van der Waals surface area contributed by atoms with E-state index < -0.39 is 66.0 Å². The average Bonchev–Trinajstić information content (AvgIpc) is 3.59. The number of hydrogen-bond donors (Lipinski definition) is 5. The molecule has 2 fully saturated rings. The fourth-order valence-electron chi connectivity index (χ4n) is 5.23. The number of aromatic nitrogens is 3. The molecule has 6 N–H and O–H groups in total. The lowest BCUT2D eigenvalue weighted by Crippen LogP contribution is -2.45. The first-order valence-corrected chi connectivity index (χ1v) is 18.8. The number of carbonyl (C=O) groups is 1. The van der Waals surface area contributed by atoms with Crippen molar-refractivity contribution >= 4 is 58.1 Å². The van der Waals surface area contributed by atoms with Crippen LogP contribution in [0, 0.1) is 0 Å². The molecule has 0 radical (unpaired) electrons. The summed E-state index contributed by atoms with van der Waals surface area (Å²) in [4.78, 5) is 23.7. The van der Waals surface area contributed by atoms with Crippen LogP contribution in [0.2, 0.25) is 5.02 Å². The number of carbonyl (C=O) groups excluding carboxylic acids is 1. The molecule has 5 rings (SSSR count). The quantitative estimate of drug-likeness (QED) is 0.0910. The second kappa shape index (κ2) is 13.3. The molecular weight excluding hydrogens is 693 g/mol. The minimum absolute atomic E-state index is 0.124. The molecule has 20 heteroatoms. The van der Waals surface area contributed by atoms with Gasteiger partial charge in [-0.2, -0.15) is 15.1 Å². The second-order valence-electron chi connectivity index (χ2n) is 12.2. The van der Waals surface area contributed by atoms with Crippen molar-refractivity contribution in [3.8, 4) is 5.75 Å². The van der Waals surface area contributed by atoms with Crippen molar-refractivity contribution in [3.63, 3.8) is 0 Å². The van der Waals surface area contributed by atoms with Gasteiger partial charge in [-0.15, -0.1) is 4.83 Å². The molecule has 0 bridgehead atoms. The molecule has 2 unspecified atom stereocenters.